The first-order valence-electron chi connectivity index (χ1n) is 4.14. The number of hydrogen-bond acceptors (Lipinski definition) is 1. The van der Waals surface area contributed by atoms with Gasteiger partial charge in [-0.1, -0.05) is 20.3 Å². The SMILES string of the molecule is CCCCNC(CC)CCl. The highest BCUT2D eigenvalue weighted by Gasteiger charge is 2.00. The Balaban J connectivity index is 3.09. The van der Waals surface area contributed by atoms with Crippen molar-refractivity contribution in [3.63, 3.8) is 0 Å². The molecule has 0 spiro atoms. The third kappa shape index (κ3) is 5.07. The molecule has 10 heavy (non-hydrogen) atoms. The van der Waals surface area contributed by atoms with Crippen molar-refractivity contribution in [2.45, 2.75) is 39.2 Å². The fourth-order valence-corrected chi connectivity index (χ4v) is 1.12. The first-order chi connectivity index (χ1) is 4.85. The molecule has 0 aliphatic rings. The molecule has 1 unspecified atom stereocenters. The van der Waals surface area contributed by atoms with E-state index in [4.69, 9.17) is 11.6 Å². The summed E-state index contributed by atoms with van der Waals surface area (Å²) < 4.78 is 0. The molecule has 1 nitrogen and oxygen atoms in total. The summed E-state index contributed by atoms with van der Waals surface area (Å²) in [7, 11) is 0. The second-order valence-electron chi connectivity index (χ2n) is 2.57. The van der Waals surface area contributed by atoms with Gasteiger partial charge in [0.15, 0.2) is 0 Å². The van der Waals surface area contributed by atoms with Gasteiger partial charge in [-0.2, -0.15) is 0 Å². The lowest BCUT2D eigenvalue weighted by atomic mass is 10.2. The van der Waals surface area contributed by atoms with Crippen molar-refractivity contribution in [1.82, 2.24) is 5.32 Å². The standard InChI is InChI=1S/C8H18ClN/c1-3-5-6-10-8(4-2)7-9/h8,10H,3-7H2,1-2H3. The number of hydrogen-bond donors (Lipinski definition) is 1. The molecule has 0 radical (unpaired) electrons. The highest BCUT2D eigenvalue weighted by molar-refractivity contribution is 6.18. The van der Waals surface area contributed by atoms with Gasteiger partial charge in [-0.15, -0.1) is 11.6 Å². The van der Waals surface area contributed by atoms with Crippen LogP contribution in [0.5, 0.6) is 0 Å². The predicted molar refractivity (Wildman–Crippen MR) is 47.7 cm³/mol. The van der Waals surface area contributed by atoms with Gasteiger partial charge in [0.25, 0.3) is 0 Å². The van der Waals surface area contributed by atoms with Crippen LogP contribution in [0.4, 0.5) is 0 Å². The van der Waals surface area contributed by atoms with E-state index < -0.39 is 0 Å². The molecule has 0 heterocycles. The zero-order chi connectivity index (χ0) is 7.82. The van der Waals surface area contributed by atoms with E-state index in [-0.39, 0.29) is 0 Å². The Morgan fingerprint density at radius 2 is 2.10 bits per heavy atom. The highest BCUT2D eigenvalue weighted by Crippen LogP contribution is 1.94. The molecular formula is C8H18ClN. The molecule has 0 rings (SSSR count). The molecule has 0 aromatic heterocycles. The monoisotopic (exact) mass is 163 g/mol. The Hall–Kier alpha value is 0.250. The summed E-state index contributed by atoms with van der Waals surface area (Å²) in [5.74, 6) is 0.736. The lowest BCUT2D eigenvalue weighted by Crippen LogP contribution is -2.30. The van der Waals surface area contributed by atoms with Crippen molar-refractivity contribution in [2.24, 2.45) is 0 Å². The highest BCUT2D eigenvalue weighted by atomic mass is 35.5. The summed E-state index contributed by atoms with van der Waals surface area (Å²) in [6, 6.07) is 0.521. The summed E-state index contributed by atoms with van der Waals surface area (Å²) in [5, 5.41) is 3.39. The van der Waals surface area contributed by atoms with E-state index in [9.17, 15) is 0 Å². The smallest absolute Gasteiger partial charge is 0.0377 e. The molecule has 0 saturated carbocycles. The van der Waals surface area contributed by atoms with Crippen LogP contribution in [-0.2, 0) is 0 Å². The molecule has 0 aromatic carbocycles. The lowest BCUT2D eigenvalue weighted by molar-refractivity contribution is 0.525. The number of rotatable bonds is 6. The molecule has 2 heteroatoms. The molecule has 0 aromatic rings. The van der Waals surface area contributed by atoms with Crippen LogP contribution in [0.25, 0.3) is 0 Å². The van der Waals surface area contributed by atoms with E-state index in [0.29, 0.717) is 6.04 Å². The second kappa shape index (κ2) is 7.36. The minimum Gasteiger partial charge on any atom is -0.313 e. The summed E-state index contributed by atoms with van der Waals surface area (Å²) in [4.78, 5) is 0. The van der Waals surface area contributed by atoms with Crippen molar-refractivity contribution in [3.05, 3.63) is 0 Å². The van der Waals surface area contributed by atoms with Crippen molar-refractivity contribution < 1.29 is 0 Å². The van der Waals surface area contributed by atoms with Gasteiger partial charge >= 0.3 is 0 Å². The fourth-order valence-electron chi connectivity index (χ4n) is 0.791. The van der Waals surface area contributed by atoms with Gasteiger partial charge in [-0.3, -0.25) is 0 Å². The minimum absolute atomic E-state index is 0.521. The maximum atomic E-state index is 5.68. The first-order valence-corrected chi connectivity index (χ1v) is 4.67. The van der Waals surface area contributed by atoms with Crippen LogP contribution in [0.2, 0.25) is 0 Å². The van der Waals surface area contributed by atoms with E-state index in [1.165, 1.54) is 12.8 Å². The van der Waals surface area contributed by atoms with Gasteiger partial charge in [0.2, 0.25) is 0 Å². The predicted octanol–water partition coefficient (Wildman–Crippen LogP) is 2.39. The topological polar surface area (TPSA) is 12.0 Å². The average molecular weight is 164 g/mol. The Labute approximate surface area is 69.1 Å². The van der Waals surface area contributed by atoms with Crippen LogP contribution in [-0.4, -0.2) is 18.5 Å². The number of alkyl halides is 1. The third-order valence-electron chi connectivity index (χ3n) is 1.64. The van der Waals surface area contributed by atoms with Gasteiger partial charge in [-0.05, 0) is 19.4 Å². The van der Waals surface area contributed by atoms with Crippen LogP contribution in [0.15, 0.2) is 0 Å². The Morgan fingerprint density at radius 1 is 1.40 bits per heavy atom. The summed E-state index contributed by atoms with van der Waals surface area (Å²) in [6.07, 6.45) is 3.65. The lowest BCUT2D eigenvalue weighted by Gasteiger charge is -2.12. The molecule has 1 N–H and O–H groups in total. The van der Waals surface area contributed by atoms with Crippen molar-refractivity contribution in [2.75, 3.05) is 12.4 Å². The minimum atomic E-state index is 0.521. The molecule has 0 aliphatic heterocycles. The van der Waals surface area contributed by atoms with Crippen LogP contribution < -0.4 is 5.32 Å². The zero-order valence-corrected chi connectivity index (χ0v) is 7.75. The largest absolute Gasteiger partial charge is 0.313 e. The number of halogens is 1. The molecule has 1 atom stereocenters. The van der Waals surface area contributed by atoms with E-state index in [0.717, 1.165) is 18.8 Å². The molecule has 0 aliphatic carbocycles. The van der Waals surface area contributed by atoms with Crippen LogP contribution in [0.1, 0.15) is 33.1 Å². The third-order valence-corrected chi connectivity index (χ3v) is 2.01. The molecule has 0 bridgehead atoms. The van der Waals surface area contributed by atoms with Crippen molar-refractivity contribution in [3.8, 4) is 0 Å². The van der Waals surface area contributed by atoms with Gasteiger partial charge < -0.3 is 5.32 Å². The molecule has 62 valence electrons. The molecule has 0 saturated heterocycles. The number of unbranched alkanes of at least 4 members (excludes halogenated alkanes) is 1. The average Bonchev–Trinajstić information content (AvgIpc) is 1.99. The first kappa shape index (κ1) is 10.2. The van der Waals surface area contributed by atoms with Gasteiger partial charge in [0, 0.05) is 11.9 Å². The van der Waals surface area contributed by atoms with E-state index in [1.807, 2.05) is 0 Å². The van der Waals surface area contributed by atoms with Crippen LogP contribution in [0, 0.1) is 0 Å². The Kier molecular flexibility index (Phi) is 7.54. The maximum absolute atomic E-state index is 5.68. The van der Waals surface area contributed by atoms with Crippen molar-refractivity contribution in [1.29, 1.82) is 0 Å². The maximum Gasteiger partial charge on any atom is 0.0377 e. The van der Waals surface area contributed by atoms with Gasteiger partial charge in [0.1, 0.15) is 0 Å². The Morgan fingerprint density at radius 3 is 2.50 bits per heavy atom. The second-order valence-corrected chi connectivity index (χ2v) is 2.88. The summed E-state index contributed by atoms with van der Waals surface area (Å²) >= 11 is 5.68. The van der Waals surface area contributed by atoms with Gasteiger partial charge in [-0.25, -0.2) is 0 Å². The number of nitrogens with one attached hydrogen (secondary N) is 1. The fraction of sp³-hybridized carbons (Fsp3) is 1.00. The zero-order valence-electron chi connectivity index (χ0n) is 6.99. The summed E-state index contributed by atoms with van der Waals surface area (Å²) in [5.41, 5.74) is 0. The van der Waals surface area contributed by atoms with Crippen LogP contribution in [0.3, 0.4) is 0 Å². The van der Waals surface area contributed by atoms with E-state index in [1.54, 1.807) is 0 Å². The van der Waals surface area contributed by atoms with Crippen molar-refractivity contribution >= 4 is 11.6 Å². The Bertz CT molecular complexity index is 62.3. The van der Waals surface area contributed by atoms with E-state index in [2.05, 4.69) is 19.2 Å². The van der Waals surface area contributed by atoms with E-state index >= 15 is 0 Å². The summed E-state index contributed by atoms with van der Waals surface area (Å²) in [6.45, 7) is 5.47. The van der Waals surface area contributed by atoms with Crippen LogP contribution >= 0.6 is 11.6 Å². The molecule has 0 amide bonds. The van der Waals surface area contributed by atoms with Gasteiger partial charge in [0.05, 0.1) is 0 Å². The molecular weight excluding hydrogens is 146 g/mol. The quantitative estimate of drug-likeness (QED) is 0.469. The normalized spacial score (nSPS) is 13.5. The molecule has 0 fully saturated rings.